The molecule has 0 spiro atoms. The van der Waals surface area contributed by atoms with Gasteiger partial charge in [0.15, 0.2) is 0 Å². The Morgan fingerprint density at radius 2 is 2.09 bits per heavy atom. The van der Waals surface area contributed by atoms with Crippen LogP contribution in [0.5, 0.6) is 5.75 Å². The Balaban J connectivity index is 1.72. The van der Waals surface area contributed by atoms with Gasteiger partial charge in [0, 0.05) is 38.3 Å². The topological polar surface area (TPSA) is 59.1 Å². The van der Waals surface area contributed by atoms with E-state index in [0.717, 1.165) is 39.1 Å². The van der Waals surface area contributed by atoms with Gasteiger partial charge in [-0.3, -0.25) is 4.90 Å². The smallest absolute Gasteiger partial charge is 0.243 e. The summed E-state index contributed by atoms with van der Waals surface area (Å²) in [5, 5.41) is 0. The highest BCUT2D eigenvalue weighted by atomic mass is 32.2. The lowest BCUT2D eigenvalue weighted by atomic mass is 10.2. The molecule has 0 saturated carbocycles. The van der Waals surface area contributed by atoms with Gasteiger partial charge >= 0.3 is 0 Å². The molecule has 23 heavy (non-hydrogen) atoms. The zero-order chi connectivity index (χ0) is 16.3. The number of benzene rings is 1. The van der Waals surface area contributed by atoms with Crippen LogP contribution in [0.4, 0.5) is 0 Å². The molecule has 0 bridgehead atoms. The van der Waals surface area contributed by atoms with Crippen LogP contribution in [-0.2, 0) is 14.8 Å². The molecule has 0 amide bonds. The van der Waals surface area contributed by atoms with Crippen LogP contribution in [0.2, 0.25) is 0 Å². The third-order valence-corrected chi connectivity index (χ3v) is 6.49. The molecule has 2 aliphatic rings. The molecule has 1 aromatic rings. The Hall–Kier alpha value is -1.15. The summed E-state index contributed by atoms with van der Waals surface area (Å²) < 4.78 is 37.9. The van der Waals surface area contributed by atoms with Gasteiger partial charge < -0.3 is 9.47 Å². The zero-order valence-electron chi connectivity index (χ0n) is 13.5. The Morgan fingerprint density at radius 3 is 2.83 bits per heavy atom. The monoisotopic (exact) mass is 340 g/mol. The second-order valence-corrected chi connectivity index (χ2v) is 7.93. The minimum atomic E-state index is -3.47. The highest BCUT2D eigenvalue weighted by molar-refractivity contribution is 7.89. The number of rotatable bonds is 4. The van der Waals surface area contributed by atoms with Crippen molar-refractivity contribution in [3.8, 4) is 5.75 Å². The Labute approximate surface area is 138 Å². The molecule has 3 rings (SSSR count). The first-order valence-corrected chi connectivity index (χ1v) is 9.51. The zero-order valence-corrected chi connectivity index (χ0v) is 14.3. The molecule has 7 heteroatoms. The van der Waals surface area contributed by atoms with Crippen molar-refractivity contribution in [3.05, 3.63) is 24.3 Å². The molecule has 0 aliphatic carbocycles. The van der Waals surface area contributed by atoms with Crippen LogP contribution >= 0.6 is 0 Å². The first kappa shape index (κ1) is 16.7. The molecule has 0 N–H and O–H groups in total. The van der Waals surface area contributed by atoms with E-state index < -0.39 is 10.0 Å². The molecular formula is C16H24N2O4S. The Morgan fingerprint density at radius 1 is 1.22 bits per heavy atom. The normalized spacial score (nSPS) is 24.5. The molecule has 0 aromatic heterocycles. The van der Waals surface area contributed by atoms with Gasteiger partial charge in [-0.15, -0.1) is 0 Å². The maximum atomic E-state index is 12.9. The molecule has 128 valence electrons. The van der Waals surface area contributed by atoms with Crippen LogP contribution in [-0.4, -0.2) is 70.2 Å². The second kappa shape index (κ2) is 7.17. The van der Waals surface area contributed by atoms with E-state index in [4.69, 9.17) is 9.47 Å². The van der Waals surface area contributed by atoms with Crippen LogP contribution < -0.4 is 4.74 Å². The van der Waals surface area contributed by atoms with Crippen molar-refractivity contribution >= 4 is 10.0 Å². The van der Waals surface area contributed by atoms with E-state index in [-0.39, 0.29) is 0 Å². The van der Waals surface area contributed by atoms with Crippen molar-refractivity contribution in [3.63, 3.8) is 0 Å². The van der Waals surface area contributed by atoms with Crippen molar-refractivity contribution in [1.29, 1.82) is 0 Å². The quantitative estimate of drug-likeness (QED) is 0.824. The summed E-state index contributed by atoms with van der Waals surface area (Å²) >= 11 is 0. The van der Waals surface area contributed by atoms with Gasteiger partial charge in [0.1, 0.15) is 5.75 Å². The van der Waals surface area contributed by atoms with Crippen molar-refractivity contribution in [2.24, 2.45) is 0 Å². The van der Waals surface area contributed by atoms with Crippen molar-refractivity contribution < 1.29 is 17.9 Å². The molecule has 2 aliphatic heterocycles. The fourth-order valence-electron chi connectivity index (χ4n) is 3.24. The maximum Gasteiger partial charge on any atom is 0.243 e. The summed E-state index contributed by atoms with van der Waals surface area (Å²) in [6, 6.07) is 7.12. The van der Waals surface area contributed by atoms with Crippen molar-refractivity contribution in [2.75, 3.05) is 46.5 Å². The first-order valence-electron chi connectivity index (χ1n) is 8.07. The third kappa shape index (κ3) is 3.68. The number of hydrogen-bond acceptors (Lipinski definition) is 5. The number of sulfonamides is 1. The van der Waals surface area contributed by atoms with E-state index in [9.17, 15) is 8.42 Å². The summed E-state index contributed by atoms with van der Waals surface area (Å²) in [5.74, 6) is 0.561. The lowest BCUT2D eigenvalue weighted by molar-refractivity contribution is 0.147. The highest BCUT2D eigenvalue weighted by Crippen LogP contribution is 2.23. The summed E-state index contributed by atoms with van der Waals surface area (Å²) in [6.45, 7) is 4.35. The van der Waals surface area contributed by atoms with Gasteiger partial charge in [0.25, 0.3) is 0 Å². The van der Waals surface area contributed by atoms with Gasteiger partial charge in [-0.1, -0.05) is 6.07 Å². The largest absolute Gasteiger partial charge is 0.497 e. The summed E-state index contributed by atoms with van der Waals surface area (Å²) in [6.07, 6.45) is 1.89. The third-order valence-electron chi connectivity index (χ3n) is 4.59. The molecule has 6 nitrogen and oxygen atoms in total. The first-order chi connectivity index (χ1) is 11.1. The van der Waals surface area contributed by atoms with Crippen LogP contribution in [0.1, 0.15) is 12.8 Å². The predicted molar refractivity (Wildman–Crippen MR) is 87.2 cm³/mol. The minimum Gasteiger partial charge on any atom is -0.497 e. The minimum absolute atomic E-state index is 0.300. The molecule has 1 aromatic carbocycles. The summed E-state index contributed by atoms with van der Waals surface area (Å²) in [4.78, 5) is 2.67. The van der Waals surface area contributed by atoms with E-state index >= 15 is 0 Å². The molecule has 0 radical (unpaired) electrons. The van der Waals surface area contributed by atoms with E-state index in [1.165, 1.54) is 0 Å². The van der Waals surface area contributed by atoms with Crippen LogP contribution in [0, 0.1) is 0 Å². The van der Waals surface area contributed by atoms with Gasteiger partial charge in [-0.25, -0.2) is 8.42 Å². The highest BCUT2D eigenvalue weighted by Gasteiger charge is 2.30. The van der Waals surface area contributed by atoms with E-state index in [0.29, 0.717) is 29.8 Å². The number of ether oxygens (including phenoxy) is 2. The lowest BCUT2D eigenvalue weighted by Crippen LogP contribution is -2.39. The van der Waals surface area contributed by atoms with Gasteiger partial charge in [-0.2, -0.15) is 4.31 Å². The summed E-state index contributed by atoms with van der Waals surface area (Å²) in [7, 11) is -1.93. The Kier molecular flexibility index (Phi) is 5.21. The molecule has 2 saturated heterocycles. The fourth-order valence-corrected chi connectivity index (χ4v) is 4.75. The lowest BCUT2D eigenvalue weighted by Gasteiger charge is -2.26. The summed E-state index contributed by atoms with van der Waals surface area (Å²) in [5.41, 5.74) is 0. The van der Waals surface area contributed by atoms with Crippen LogP contribution in [0.3, 0.4) is 0 Å². The second-order valence-electron chi connectivity index (χ2n) is 5.99. The van der Waals surface area contributed by atoms with Crippen LogP contribution in [0.15, 0.2) is 29.2 Å². The average Bonchev–Trinajstić information content (AvgIpc) is 2.99. The average molecular weight is 340 g/mol. The molecule has 1 atom stereocenters. The van der Waals surface area contributed by atoms with Crippen molar-refractivity contribution in [2.45, 2.75) is 23.8 Å². The predicted octanol–water partition coefficient (Wildman–Crippen LogP) is 1.18. The molecular weight excluding hydrogens is 316 g/mol. The van der Waals surface area contributed by atoms with Crippen molar-refractivity contribution in [1.82, 2.24) is 9.21 Å². The standard InChI is InChI=1S/C16H24N2O4S/c1-21-15-4-2-5-16(12-15)23(19,20)18-8-3-7-17(9-10-18)14-6-11-22-13-14/h2,4-5,12,14H,3,6-11,13H2,1H3. The SMILES string of the molecule is COc1cccc(S(=O)(=O)N2CCCN(C3CCOC3)CC2)c1. The number of nitrogens with zero attached hydrogens (tertiary/aromatic N) is 2. The Bertz CT molecular complexity index is 629. The van der Waals surface area contributed by atoms with Gasteiger partial charge in [-0.05, 0) is 31.5 Å². The molecule has 1 unspecified atom stereocenters. The number of hydrogen-bond donors (Lipinski definition) is 0. The van der Waals surface area contributed by atoms with Crippen LogP contribution in [0.25, 0.3) is 0 Å². The molecule has 2 heterocycles. The molecule has 2 fully saturated rings. The fraction of sp³-hybridized carbons (Fsp3) is 0.625. The maximum absolute atomic E-state index is 12.9. The van der Waals surface area contributed by atoms with E-state index in [1.807, 2.05) is 0 Å². The number of methoxy groups -OCH3 is 1. The van der Waals surface area contributed by atoms with E-state index in [2.05, 4.69) is 4.90 Å². The van der Waals surface area contributed by atoms with Gasteiger partial charge in [0.05, 0.1) is 18.6 Å². The van der Waals surface area contributed by atoms with Gasteiger partial charge in [0.2, 0.25) is 10.0 Å². The van der Waals surface area contributed by atoms with E-state index in [1.54, 1.807) is 35.7 Å².